The van der Waals surface area contributed by atoms with E-state index in [1.807, 2.05) is 19.9 Å². The molecule has 0 fully saturated rings. The van der Waals surface area contributed by atoms with Crippen LogP contribution in [0.1, 0.15) is 16.7 Å². The van der Waals surface area contributed by atoms with Crippen LogP contribution in [0.4, 0.5) is 10.1 Å². The number of carbonyl (C=O) groups excluding carboxylic acids is 1. The Bertz CT molecular complexity index is 817. The first-order valence-electron chi connectivity index (χ1n) is 6.87. The Balaban J connectivity index is 2.30. The maximum atomic E-state index is 13.8. The molecule has 2 rings (SSSR count). The molecule has 0 spiro atoms. The van der Waals surface area contributed by atoms with Crippen LogP contribution in [0.15, 0.2) is 42.0 Å². The van der Waals surface area contributed by atoms with E-state index >= 15 is 0 Å². The lowest BCUT2D eigenvalue weighted by atomic mass is 10.1. The van der Waals surface area contributed by atoms with Crippen LogP contribution in [-0.4, -0.2) is 5.91 Å². The Labute approximate surface area is 139 Å². The largest absolute Gasteiger partial charge is 0.321 e. The minimum Gasteiger partial charge on any atom is -0.321 e. The second-order valence-corrected chi connectivity index (χ2v) is 5.47. The van der Waals surface area contributed by atoms with Gasteiger partial charge in [0, 0.05) is 11.3 Å². The summed E-state index contributed by atoms with van der Waals surface area (Å²) >= 11 is 5.91. The predicted molar refractivity (Wildman–Crippen MR) is 89.5 cm³/mol. The molecule has 3 nitrogen and oxygen atoms in total. The topological polar surface area (TPSA) is 52.9 Å². The van der Waals surface area contributed by atoms with Crippen LogP contribution in [0.3, 0.4) is 0 Å². The summed E-state index contributed by atoms with van der Waals surface area (Å²) in [7, 11) is 0. The Morgan fingerprint density at radius 1 is 1.26 bits per heavy atom. The van der Waals surface area contributed by atoms with Gasteiger partial charge >= 0.3 is 0 Å². The van der Waals surface area contributed by atoms with E-state index in [2.05, 4.69) is 5.32 Å². The van der Waals surface area contributed by atoms with Crippen LogP contribution in [-0.2, 0) is 4.79 Å². The molecule has 0 aromatic heterocycles. The molecule has 5 heteroatoms. The zero-order valence-electron chi connectivity index (χ0n) is 12.7. The van der Waals surface area contributed by atoms with Crippen molar-refractivity contribution in [2.75, 3.05) is 5.32 Å². The Morgan fingerprint density at radius 2 is 2.00 bits per heavy atom. The SMILES string of the molecule is Cc1ccc(NC(=O)/C(C#N)=C/c2c(F)cccc2Cl)cc1C. The van der Waals surface area contributed by atoms with E-state index in [9.17, 15) is 14.4 Å². The van der Waals surface area contributed by atoms with E-state index in [0.29, 0.717) is 5.69 Å². The molecule has 0 atom stereocenters. The number of hydrogen-bond acceptors (Lipinski definition) is 2. The molecule has 23 heavy (non-hydrogen) atoms. The third kappa shape index (κ3) is 3.97. The molecule has 0 aliphatic heterocycles. The fourth-order valence-corrected chi connectivity index (χ4v) is 2.18. The number of nitrogens with one attached hydrogen (secondary N) is 1. The third-order valence-electron chi connectivity index (χ3n) is 3.42. The minimum absolute atomic E-state index is 0.0148. The molecule has 0 saturated heterocycles. The second-order valence-electron chi connectivity index (χ2n) is 5.06. The number of hydrogen-bond donors (Lipinski definition) is 1. The molecule has 0 radical (unpaired) electrons. The van der Waals surface area contributed by atoms with Crippen molar-refractivity contribution in [2.45, 2.75) is 13.8 Å². The number of carbonyl (C=O) groups is 1. The molecule has 0 unspecified atom stereocenters. The van der Waals surface area contributed by atoms with Gasteiger partial charge in [-0.05, 0) is 55.3 Å². The van der Waals surface area contributed by atoms with Crippen LogP contribution < -0.4 is 5.32 Å². The molecule has 0 aliphatic rings. The Morgan fingerprint density at radius 3 is 2.61 bits per heavy atom. The van der Waals surface area contributed by atoms with E-state index in [0.717, 1.165) is 17.2 Å². The van der Waals surface area contributed by atoms with Crippen LogP contribution >= 0.6 is 11.6 Å². The number of amides is 1. The van der Waals surface area contributed by atoms with Crippen molar-refractivity contribution in [2.24, 2.45) is 0 Å². The van der Waals surface area contributed by atoms with Gasteiger partial charge in [-0.1, -0.05) is 23.7 Å². The molecule has 2 aromatic rings. The highest BCUT2D eigenvalue weighted by Crippen LogP contribution is 2.22. The van der Waals surface area contributed by atoms with Crippen molar-refractivity contribution < 1.29 is 9.18 Å². The maximum Gasteiger partial charge on any atom is 0.266 e. The lowest BCUT2D eigenvalue weighted by Gasteiger charge is -2.07. The summed E-state index contributed by atoms with van der Waals surface area (Å²) in [5, 5.41) is 11.9. The Hall–Kier alpha value is -2.64. The van der Waals surface area contributed by atoms with Gasteiger partial charge in [0.25, 0.3) is 5.91 Å². The summed E-state index contributed by atoms with van der Waals surface area (Å²) in [5.74, 6) is -1.21. The second kappa shape index (κ2) is 7.08. The maximum absolute atomic E-state index is 13.8. The molecule has 2 aromatic carbocycles. The predicted octanol–water partition coefficient (Wildman–Crippen LogP) is 4.64. The van der Waals surface area contributed by atoms with E-state index in [4.69, 9.17) is 11.6 Å². The van der Waals surface area contributed by atoms with E-state index in [-0.39, 0.29) is 16.2 Å². The number of halogens is 2. The van der Waals surface area contributed by atoms with Gasteiger partial charge in [-0.2, -0.15) is 5.26 Å². The number of anilines is 1. The summed E-state index contributed by atoms with van der Waals surface area (Å²) in [5.41, 5.74) is 2.47. The summed E-state index contributed by atoms with van der Waals surface area (Å²) in [6.07, 6.45) is 1.15. The summed E-state index contributed by atoms with van der Waals surface area (Å²) in [4.78, 5) is 12.2. The van der Waals surface area contributed by atoms with Crippen molar-refractivity contribution in [1.82, 2.24) is 0 Å². The first-order valence-corrected chi connectivity index (χ1v) is 7.24. The lowest BCUT2D eigenvalue weighted by Crippen LogP contribution is -2.13. The van der Waals surface area contributed by atoms with Gasteiger partial charge in [0.05, 0.1) is 5.02 Å². The van der Waals surface area contributed by atoms with Gasteiger partial charge in [0.2, 0.25) is 0 Å². The number of nitrogens with zero attached hydrogens (tertiary/aromatic N) is 1. The molecule has 0 heterocycles. The van der Waals surface area contributed by atoms with Crippen LogP contribution in [0, 0.1) is 31.0 Å². The highest BCUT2D eigenvalue weighted by molar-refractivity contribution is 6.32. The summed E-state index contributed by atoms with van der Waals surface area (Å²) in [6, 6.07) is 11.4. The zero-order valence-corrected chi connectivity index (χ0v) is 13.4. The zero-order chi connectivity index (χ0) is 17.0. The molecule has 1 N–H and O–H groups in total. The van der Waals surface area contributed by atoms with Gasteiger partial charge in [0.1, 0.15) is 17.5 Å². The van der Waals surface area contributed by atoms with Crippen molar-refractivity contribution in [3.63, 3.8) is 0 Å². The van der Waals surface area contributed by atoms with E-state index < -0.39 is 11.7 Å². The molecule has 0 bridgehead atoms. The molecular weight excluding hydrogens is 315 g/mol. The standard InChI is InChI=1S/C18H14ClFN2O/c1-11-6-7-14(8-12(11)2)22-18(23)13(10-21)9-15-16(19)4-3-5-17(15)20/h3-9H,1-2H3,(H,22,23)/b13-9+. The number of benzene rings is 2. The number of rotatable bonds is 3. The molecule has 0 saturated carbocycles. The van der Waals surface area contributed by atoms with Crippen LogP contribution in [0.5, 0.6) is 0 Å². The summed E-state index contributed by atoms with van der Waals surface area (Å²) in [6.45, 7) is 3.88. The fourth-order valence-electron chi connectivity index (χ4n) is 1.96. The monoisotopic (exact) mass is 328 g/mol. The van der Waals surface area contributed by atoms with Gasteiger partial charge < -0.3 is 5.32 Å². The van der Waals surface area contributed by atoms with Crippen molar-refractivity contribution >= 4 is 29.3 Å². The Kier molecular flexibility index (Phi) is 5.15. The minimum atomic E-state index is -0.616. The van der Waals surface area contributed by atoms with E-state index in [1.165, 1.54) is 18.2 Å². The fraction of sp³-hybridized carbons (Fsp3) is 0.111. The van der Waals surface area contributed by atoms with Crippen LogP contribution in [0.2, 0.25) is 5.02 Å². The highest BCUT2D eigenvalue weighted by atomic mass is 35.5. The summed E-state index contributed by atoms with van der Waals surface area (Å²) < 4.78 is 13.8. The quantitative estimate of drug-likeness (QED) is 0.659. The van der Waals surface area contributed by atoms with E-state index in [1.54, 1.807) is 18.2 Å². The molecule has 0 aliphatic carbocycles. The normalized spacial score (nSPS) is 11.0. The smallest absolute Gasteiger partial charge is 0.266 e. The molecular formula is C18H14ClFN2O. The van der Waals surface area contributed by atoms with Gasteiger partial charge in [-0.25, -0.2) is 4.39 Å². The van der Waals surface area contributed by atoms with Crippen molar-refractivity contribution in [3.05, 3.63) is 69.5 Å². The van der Waals surface area contributed by atoms with Gasteiger partial charge in [0.15, 0.2) is 0 Å². The average Bonchev–Trinajstić information content (AvgIpc) is 2.50. The highest BCUT2D eigenvalue weighted by Gasteiger charge is 2.13. The van der Waals surface area contributed by atoms with Gasteiger partial charge in [-0.3, -0.25) is 4.79 Å². The number of aryl methyl sites for hydroxylation is 2. The van der Waals surface area contributed by atoms with Crippen LogP contribution in [0.25, 0.3) is 6.08 Å². The first-order chi connectivity index (χ1) is 10.9. The molecule has 116 valence electrons. The lowest BCUT2D eigenvalue weighted by molar-refractivity contribution is -0.112. The van der Waals surface area contributed by atoms with Crippen molar-refractivity contribution in [1.29, 1.82) is 5.26 Å². The third-order valence-corrected chi connectivity index (χ3v) is 3.75. The van der Waals surface area contributed by atoms with Crippen molar-refractivity contribution in [3.8, 4) is 6.07 Å². The van der Waals surface area contributed by atoms with Gasteiger partial charge in [-0.15, -0.1) is 0 Å². The number of nitriles is 1. The average molecular weight is 329 g/mol. The first kappa shape index (κ1) is 16.7. The molecule has 1 amide bonds.